The maximum Gasteiger partial charge on any atom is 0.203 e. The largest absolute Gasteiger partial charge is 0.497 e. The molecule has 2 rings (SSSR count). The molecule has 136 valence electrons. The second kappa shape index (κ2) is 9.70. The minimum Gasteiger partial charge on any atom is -0.497 e. The number of nitrogens with zero attached hydrogens (tertiary/aromatic N) is 1. The van der Waals surface area contributed by atoms with Crippen LogP contribution in [0.4, 0.5) is 0 Å². The van der Waals surface area contributed by atoms with Crippen LogP contribution in [0, 0.1) is 23.7 Å². The molecule has 0 atom stereocenters. The molecule has 0 unspecified atom stereocenters. The summed E-state index contributed by atoms with van der Waals surface area (Å²) in [6.45, 7) is 2.41. The van der Waals surface area contributed by atoms with Crippen molar-refractivity contribution in [1.29, 1.82) is 5.26 Å². The zero-order valence-corrected chi connectivity index (χ0v) is 15.2. The van der Waals surface area contributed by atoms with Crippen molar-refractivity contribution in [2.24, 2.45) is 0 Å². The Morgan fingerprint density at radius 2 is 1.89 bits per heavy atom. The average molecular weight is 361 g/mol. The number of methoxy groups -OCH3 is 1. The van der Waals surface area contributed by atoms with E-state index in [1.165, 1.54) is 6.08 Å². The molecule has 0 amide bonds. The second-order valence-electron chi connectivity index (χ2n) is 5.36. The first-order valence-corrected chi connectivity index (χ1v) is 8.26. The molecular weight excluding hydrogens is 342 g/mol. The van der Waals surface area contributed by atoms with Gasteiger partial charge in [0, 0.05) is 5.56 Å². The Morgan fingerprint density at radius 3 is 2.48 bits per heavy atom. The lowest BCUT2D eigenvalue weighted by Crippen LogP contribution is -2.02. The molecule has 27 heavy (non-hydrogen) atoms. The molecule has 0 spiro atoms. The summed E-state index contributed by atoms with van der Waals surface area (Å²) in [5.74, 6) is 3.67. The number of carbonyl (C=O) groups excluding carboxylic acids is 1. The highest BCUT2D eigenvalue weighted by atomic mass is 16.5. The molecule has 0 aliphatic heterocycles. The topological polar surface area (TPSA) is 68.5 Å². The Morgan fingerprint density at radius 1 is 1.15 bits per heavy atom. The number of hydrogen-bond donors (Lipinski definition) is 0. The fourth-order valence-electron chi connectivity index (χ4n) is 2.33. The fourth-order valence-corrected chi connectivity index (χ4v) is 2.33. The highest BCUT2D eigenvalue weighted by Gasteiger charge is 2.13. The van der Waals surface area contributed by atoms with Crippen LogP contribution in [0.15, 0.2) is 48.0 Å². The first-order chi connectivity index (χ1) is 13.1. The van der Waals surface area contributed by atoms with Crippen molar-refractivity contribution in [3.05, 3.63) is 59.2 Å². The van der Waals surface area contributed by atoms with Gasteiger partial charge in [-0.1, -0.05) is 12.0 Å². The number of nitriles is 1. The van der Waals surface area contributed by atoms with E-state index in [0.717, 1.165) is 0 Å². The van der Waals surface area contributed by atoms with Gasteiger partial charge in [0.15, 0.2) is 11.5 Å². The Balaban J connectivity index is 2.32. The van der Waals surface area contributed by atoms with Crippen molar-refractivity contribution >= 4 is 11.9 Å². The number of Topliss-reactive ketones (excluding diaryl/α,β-unsaturated/α-hetero) is 1. The predicted octanol–water partition coefficient (Wildman–Crippen LogP) is 3.90. The number of hydrogen-bond acceptors (Lipinski definition) is 5. The van der Waals surface area contributed by atoms with Crippen molar-refractivity contribution in [3.63, 3.8) is 0 Å². The first-order valence-electron chi connectivity index (χ1n) is 8.26. The zero-order valence-electron chi connectivity index (χ0n) is 15.2. The van der Waals surface area contributed by atoms with Gasteiger partial charge in [0.05, 0.1) is 13.7 Å². The van der Waals surface area contributed by atoms with Crippen molar-refractivity contribution < 1.29 is 19.0 Å². The van der Waals surface area contributed by atoms with E-state index < -0.39 is 0 Å². The number of terminal acetylenes is 1. The van der Waals surface area contributed by atoms with Crippen molar-refractivity contribution in [3.8, 4) is 35.7 Å². The SMILES string of the molecule is C#CCOc1ccc(/C=C(\C#N)C(=O)c2ccc(OC)cc2)cc1OCC. The molecule has 5 nitrogen and oxygen atoms in total. The summed E-state index contributed by atoms with van der Waals surface area (Å²) in [4.78, 5) is 12.6. The van der Waals surface area contributed by atoms with E-state index in [1.807, 2.05) is 13.0 Å². The summed E-state index contributed by atoms with van der Waals surface area (Å²) < 4.78 is 16.1. The lowest BCUT2D eigenvalue weighted by molar-refractivity contribution is 0.104. The van der Waals surface area contributed by atoms with Crippen LogP contribution in [0.25, 0.3) is 6.08 Å². The molecular formula is C22H19NO4. The lowest BCUT2D eigenvalue weighted by atomic mass is 10.0. The molecule has 0 aliphatic rings. The number of carbonyl (C=O) groups is 1. The molecule has 0 bridgehead atoms. The molecule has 2 aromatic rings. The molecule has 0 heterocycles. The van der Waals surface area contributed by atoms with Crippen LogP contribution in [0.3, 0.4) is 0 Å². The third-order valence-electron chi connectivity index (χ3n) is 3.61. The number of ether oxygens (including phenoxy) is 3. The van der Waals surface area contributed by atoms with Crippen LogP contribution in [-0.4, -0.2) is 26.1 Å². The highest BCUT2D eigenvalue weighted by molar-refractivity contribution is 6.14. The van der Waals surface area contributed by atoms with Gasteiger partial charge in [0.2, 0.25) is 5.78 Å². The van der Waals surface area contributed by atoms with Crippen LogP contribution in [0.1, 0.15) is 22.8 Å². The van der Waals surface area contributed by atoms with Crippen LogP contribution in [-0.2, 0) is 0 Å². The average Bonchev–Trinajstić information content (AvgIpc) is 2.71. The molecule has 0 N–H and O–H groups in total. The minimum atomic E-state index is -0.370. The van der Waals surface area contributed by atoms with Crippen LogP contribution in [0.5, 0.6) is 17.2 Å². The highest BCUT2D eigenvalue weighted by Crippen LogP contribution is 2.29. The molecule has 0 saturated carbocycles. The van der Waals surface area contributed by atoms with E-state index in [4.69, 9.17) is 20.6 Å². The van der Waals surface area contributed by atoms with Crippen LogP contribution >= 0.6 is 0 Å². The molecule has 0 aromatic heterocycles. The quantitative estimate of drug-likeness (QED) is 0.309. The Labute approximate surface area is 158 Å². The Hall–Kier alpha value is -3.70. The monoisotopic (exact) mass is 361 g/mol. The van der Waals surface area contributed by atoms with Gasteiger partial charge < -0.3 is 14.2 Å². The minimum absolute atomic E-state index is 0.0138. The number of allylic oxidation sites excluding steroid dienone is 1. The van der Waals surface area contributed by atoms with Gasteiger partial charge in [-0.25, -0.2) is 0 Å². The van der Waals surface area contributed by atoms with Crippen molar-refractivity contribution in [2.75, 3.05) is 20.3 Å². The van der Waals surface area contributed by atoms with E-state index in [9.17, 15) is 10.1 Å². The smallest absolute Gasteiger partial charge is 0.203 e. The Kier molecular flexibility index (Phi) is 7.05. The van der Waals surface area contributed by atoms with E-state index in [2.05, 4.69) is 5.92 Å². The molecule has 2 aromatic carbocycles. The third-order valence-corrected chi connectivity index (χ3v) is 3.61. The van der Waals surface area contributed by atoms with Gasteiger partial charge in [0.1, 0.15) is 24.0 Å². The maximum atomic E-state index is 12.6. The summed E-state index contributed by atoms with van der Waals surface area (Å²) in [6, 6.07) is 13.7. The van der Waals surface area contributed by atoms with E-state index in [1.54, 1.807) is 49.6 Å². The summed E-state index contributed by atoms with van der Waals surface area (Å²) in [6.07, 6.45) is 6.73. The van der Waals surface area contributed by atoms with Crippen LogP contribution in [0.2, 0.25) is 0 Å². The van der Waals surface area contributed by atoms with E-state index in [-0.39, 0.29) is 18.0 Å². The number of ketones is 1. The standard InChI is InChI=1S/C22H19NO4/c1-4-12-27-20-11-6-16(14-21(20)26-5-2)13-18(15-23)22(24)17-7-9-19(25-3)10-8-17/h1,6-11,13-14H,5,12H2,2-3H3/b18-13+. The maximum absolute atomic E-state index is 12.6. The van der Waals surface area contributed by atoms with Crippen molar-refractivity contribution in [1.82, 2.24) is 0 Å². The number of benzene rings is 2. The van der Waals surface area contributed by atoms with Crippen molar-refractivity contribution in [2.45, 2.75) is 6.92 Å². The van der Waals surface area contributed by atoms with Crippen LogP contribution < -0.4 is 14.2 Å². The summed E-state index contributed by atoms with van der Waals surface area (Å²) >= 11 is 0. The molecule has 0 radical (unpaired) electrons. The molecule has 5 heteroatoms. The molecule has 0 fully saturated rings. The summed E-state index contributed by atoms with van der Waals surface area (Å²) in [5, 5.41) is 9.42. The molecule has 0 saturated heterocycles. The summed E-state index contributed by atoms with van der Waals surface area (Å²) in [5.41, 5.74) is 1.06. The normalized spacial score (nSPS) is 10.4. The van der Waals surface area contributed by atoms with Gasteiger partial charge >= 0.3 is 0 Å². The fraction of sp³-hybridized carbons (Fsp3) is 0.182. The zero-order chi connectivity index (χ0) is 19.6. The van der Waals surface area contributed by atoms with Gasteiger partial charge in [0.25, 0.3) is 0 Å². The van der Waals surface area contributed by atoms with E-state index in [0.29, 0.717) is 35.0 Å². The Bertz CT molecular complexity index is 915. The molecule has 0 aliphatic carbocycles. The number of rotatable bonds is 8. The van der Waals surface area contributed by atoms with Gasteiger partial charge in [-0.15, -0.1) is 6.42 Å². The third kappa shape index (κ3) is 5.14. The lowest BCUT2D eigenvalue weighted by Gasteiger charge is -2.11. The predicted molar refractivity (Wildman–Crippen MR) is 103 cm³/mol. The summed E-state index contributed by atoms with van der Waals surface area (Å²) in [7, 11) is 1.55. The van der Waals surface area contributed by atoms with Gasteiger partial charge in [-0.3, -0.25) is 4.79 Å². The first kappa shape index (κ1) is 19.6. The van der Waals surface area contributed by atoms with E-state index >= 15 is 0 Å². The second-order valence-corrected chi connectivity index (χ2v) is 5.36. The van der Waals surface area contributed by atoms with Gasteiger partial charge in [-0.05, 0) is 55.0 Å². The van der Waals surface area contributed by atoms with Gasteiger partial charge in [-0.2, -0.15) is 5.26 Å².